The molecule has 3 aliphatic rings. The van der Waals surface area contributed by atoms with Crippen LogP contribution in [0.5, 0.6) is 0 Å². The molecular weight excluding hydrogens is 176 g/mol. The molecule has 0 aromatic rings. The van der Waals surface area contributed by atoms with Crippen LogP contribution in [0.4, 0.5) is 0 Å². The normalized spacial score (nSPS) is 42.5. The van der Waals surface area contributed by atoms with Gasteiger partial charge in [-0.05, 0) is 44.6 Å². The molecule has 1 aliphatic heterocycles. The van der Waals surface area contributed by atoms with E-state index in [1.54, 1.807) is 0 Å². The first-order chi connectivity index (χ1) is 6.64. The SMILES string of the molecule is CC1(NC(=O)C2CC23CCNC3)CC1. The van der Waals surface area contributed by atoms with Crippen molar-refractivity contribution in [2.75, 3.05) is 13.1 Å². The number of hydrogen-bond acceptors (Lipinski definition) is 2. The summed E-state index contributed by atoms with van der Waals surface area (Å²) in [6.07, 6.45) is 4.64. The van der Waals surface area contributed by atoms with Crippen molar-refractivity contribution >= 4 is 5.91 Å². The van der Waals surface area contributed by atoms with E-state index in [0.29, 0.717) is 17.2 Å². The second kappa shape index (κ2) is 2.51. The summed E-state index contributed by atoms with van der Waals surface area (Å²) in [6.45, 7) is 4.30. The molecule has 0 aromatic heterocycles. The maximum Gasteiger partial charge on any atom is 0.224 e. The zero-order chi connectivity index (χ0) is 9.81. The highest BCUT2D eigenvalue weighted by atomic mass is 16.2. The van der Waals surface area contributed by atoms with Crippen molar-refractivity contribution in [1.29, 1.82) is 0 Å². The summed E-state index contributed by atoms with van der Waals surface area (Å²) >= 11 is 0. The maximum absolute atomic E-state index is 11.9. The summed E-state index contributed by atoms with van der Waals surface area (Å²) in [5, 5.41) is 6.53. The molecule has 14 heavy (non-hydrogen) atoms. The largest absolute Gasteiger partial charge is 0.351 e. The Hall–Kier alpha value is -0.570. The van der Waals surface area contributed by atoms with Gasteiger partial charge >= 0.3 is 0 Å². The monoisotopic (exact) mass is 194 g/mol. The van der Waals surface area contributed by atoms with E-state index in [-0.39, 0.29) is 5.54 Å². The standard InChI is InChI=1S/C11H18N2O/c1-10(2-3-10)13-9(14)8-6-11(8)4-5-12-7-11/h8,12H,2-7H2,1H3,(H,13,14). The maximum atomic E-state index is 11.9. The van der Waals surface area contributed by atoms with Crippen molar-refractivity contribution in [3.8, 4) is 0 Å². The van der Waals surface area contributed by atoms with Gasteiger partial charge in [0.05, 0.1) is 0 Å². The van der Waals surface area contributed by atoms with Crippen molar-refractivity contribution in [3.05, 3.63) is 0 Å². The van der Waals surface area contributed by atoms with Crippen LogP contribution in [0.1, 0.15) is 32.6 Å². The van der Waals surface area contributed by atoms with E-state index in [1.807, 2.05) is 0 Å². The van der Waals surface area contributed by atoms with Gasteiger partial charge < -0.3 is 10.6 Å². The van der Waals surface area contributed by atoms with Gasteiger partial charge in [-0.1, -0.05) is 0 Å². The van der Waals surface area contributed by atoms with Crippen LogP contribution in [0.2, 0.25) is 0 Å². The second-order valence-electron chi connectivity index (χ2n) is 5.60. The van der Waals surface area contributed by atoms with E-state index in [9.17, 15) is 4.79 Å². The summed E-state index contributed by atoms with van der Waals surface area (Å²) in [5.41, 5.74) is 0.516. The molecule has 0 bridgehead atoms. The Labute approximate surface area is 84.6 Å². The van der Waals surface area contributed by atoms with Crippen LogP contribution in [0.25, 0.3) is 0 Å². The Morgan fingerprint density at radius 2 is 2.21 bits per heavy atom. The molecule has 3 rings (SSSR count). The van der Waals surface area contributed by atoms with Crippen LogP contribution >= 0.6 is 0 Å². The summed E-state index contributed by atoms with van der Waals surface area (Å²) in [5.74, 6) is 0.628. The van der Waals surface area contributed by atoms with Gasteiger partial charge in [0, 0.05) is 18.0 Å². The Bertz CT molecular complexity index is 277. The van der Waals surface area contributed by atoms with Crippen molar-refractivity contribution < 1.29 is 4.79 Å². The quantitative estimate of drug-likeness (QED) is 0.678. The fourth-order valence-corrected chi connectivity index (χ4v) is 2.65. The van der Waals surface area contributed by atoms with Crippen LogP contribution < -0.4 is 10.6 Å². The molecular formula is C11H18N2O. The number of hydrogen-bond donors (Lipinski definition) is 2. The summed E-state index contributed by atoms with van der Waals surface area (Å²) in [4.78, 5) is 11.9. The molecule has 78 valence electrons. The molecule has 2 saturated carbocycles. The minimum absolute atomic E-state index is 0.160. The molecule has 1 heterocycles. The van der Waals surface area contributed by atoms with Crippen LogP contribution in [-0.2, 0) is 4.79 Å². The third-order valence-electron chi connectivity index (χ3n) is 4.21. The van der Waals surface area contributed by atoms with Gasteiger partial charge in [0.15, 0.2) is 0 Å². The van der Waals surface area contributed by atoms with Gasteiger partial charge in [-0.2, -0.15) is 0 Å². The summed E-state index contributed by atoms with van der Waals surface area (Å²) < 4.78 is 0. The van der Waals surface area contributed by atoms with E-state index in [4.69, 9.17) is 0 Å². The lowest BCUT2D eigenvalue weighted by Crippen LogP contribution is -2.36. The Balaban J connectivity index is 1.60. The van der Waals surface area contributed by atoms with Crippen LogP contribution in [0, 0.1) is 11.3 Å². The third-order valence-corrected chi connectivity index (χ3v) is 4.21. The average Bonchev–Trinajstić information content (AvgIpc) is 2.92. The predicted octanol–water partition coefficient (Wildman–Crippen LogP) is 0.655. The number of carbonyl (C=O) groups excluding carboxylic acids is 1. The molecule has 3 heteroatoms. The molecule has 2 N–H and O–H groups in total. The molecule has 3 fully saturated rings. The van der Waals surface area contributed by atoms with Crippen molar-refractivity contribution in [1.82, 2.24) is 10.6 Å². The smallest absolute Gasteiger partial charge is 0.224 e. The molecule has 2 aliphatic carbocycles. The molecule has 3 nitrogen and oxygen atoms in total. The summed E-state index contributed by atoms with van der Waals surface area (Å²) in [7, 11) is 0. The highest BCUT2D eigenvalue weighted by molar-refractivity contribution is 5.83. The number of nitrogens with one attached hydrogen (secondary N) is 2. The van der Waals surface area contributed by atoms with Gasteiger partial charge in [-0.3, -0.25) is 4.79 Å². The molecule has 0 aromatic carbocycles. The van der Waals surface area contributed by atoms with Crippen LogP contribution in [0.15, 0.2) is 0 Å². The molecule has 2 unspecified atom stereocenters. The van der Waals surface area contributed by atoms with E-state index in [2.05, 4.69) is 17.6 Å². The highest BCUT2D eigenvalue weighted by Gasteiger charge is 2.59. The first kappa shape index (κ1) is 8.72. The Morgan fingerprint density at radius 3 is 2.79 bits per heavy atom. The fraction of sp³-hybridized carbons (Fsp3) is 0.909. The van der Waals surface area contributed by atoms with Crippen molar-refractivity contribution in [2.24, 2.45) is 11.3 Å². The molecule has 1 amide bonds. The van der Waals surface area contributed by atoms with Gasteiger partial charge in [0.1, 0.15) is 0 Å². The van der Waals surface area contributed by atoms with Crippen LogP contribution in [-0.4, -0.2) is 24.5 Å². The van der Waals surface area contributed by atoms with E-state index in [1.165, 1.54) is 6.42 Å². The molecule has 1 spiro atoms. The first-order valence-electron chi connectivity index (χ1n) is 5.66. The number of amides is 1. The minimum atomic E-state index is 0.160. The molecule has 2 atom stereocenters. The number of rotatable bonds is 2. The topological polar surface area (TPSA) is 41.1 Å². The predicted molar refractivity (Wildman–Crippen MR) is 53.8 cm³/mol. The number of carbonyl (C=O) groups is 1. The van der Waals surface area contributed by atoms with Crippen molar-refractivity contribution in [2.45, 2.75) is 38.1 Å². The minimum Gasteiger partial charge on any atom is -0.351 e. The van der Waals surface area contributed by atoms with Crippen molar-refractivity contribution in [3.63, 3.8) is 0 Å². The summed E-state index contributed by atoms with van der Waals surface area (Å²) in [6, 6.07) is 0. The molecule has 1 saturated heterocycles. The van der Waals surface area contributed by atoms with Gasteiger partial charge in [0.25, 0.3) is 0 Å². The third kappa shape index (κ3) is 1.26. The van der Waals surface area contributed by atoms with Gasteiger partial charge in [-0.25, -0.2) is 0 Å². The highest BCUT2D eigenvalue weighted by Crippen LogP contribution is 2.57. The lowest BCUT2D eigenvalue weighted by atomic mass is 10.0. The Morgan fingerprint density at radius 1 is 1.43 bits per heavy atom. The van der Waals surface area contributed by atoms with E-state index in [0.717, 1.165) is 32.4 Å². The van der Waals surface area contributed by atoms with Gasteiger partial charge in [0.2, 0.25) is 5.91 Å². The zero-order valence-electron chi connectivity index (χ0n) is 8.73. The molecule has 0 radical (unpaired) electrons. The van der Waals surface area contributed by atoms with E-state index >= 15 is 0 Å². The fourth-order valence-electron chi connectivity index (χ4n) is 2.65. The Kier molecular flexibility index (Phi) is 1.56. The van der Waals surface area contributed by atoms with Gasteiger partial charge in [-0.15, -0.1) is 0 Å². The first-order valence-corrected chi connectivity index (χ1v) is 5.66. The zero-order valence-corrected chi connectivity index (χ0v) is 8.73. The average molecular weight is 194 g/mol. The van der Waals surface area contributed by atoms with Crippen LogP contribution in [0.3, 0.4) is 0 Å². The van der Waals surface area contributed by atoms with E-state index < -0.39 is 0 Å². The lowest BCUT2D eigenvalue weighted by Gasteiger charge is -2.13. The lowest BCUT2D eigenvalue weighted by molar-refractivity contribution is -0.123. The second-order valence-corrected chi connectivity index (χ2v) is 5.60.